The number of likely N-dealkylation sites (tertiary alicyclic amines) is 1. The fourth-order valence-electron chi connectivity index (χ4n) is 3.40. The van der Waals surface area contributed by atoms with E-state index in [1.807, 2.05) is 24.3 Å². The van der Waals surface area contributed by atoms with Gasteiger partial charge in [-0.25, -0.2) is 4.79 Å². The average Bonchev–Trinajstić information content (AvgIpc) is 3.11. The maximum atomic E-state index is 12.8. The van der Waals surface area contributed by atoms with Crippen LogP contribution in [0.5, 0.6) is 0 Å². The molecule has 1 saturated heterocycles. The minimum Gasteiger partial charge on any atom is -0.392 e. The molecule has 0 aliphatic carbocycles. The van der Waals surface area contributed by atoms with Crippen molar-refractivity contribution < 1.29 is 9.90 Å². The number of rotatable bonds is 4. The lowest BCUT2D eigenvalue weighted by Crippen LogP contribution is -2.42. The van der Waals surface area contributed by atoms with Gasteiger partial charge >= 0.3 is 5.69 Å². The Balaban J connectivity index is 1.71. The summed E-state index contributed by atoms with van der Waals surface area (Å²) in [4.78, 5) is 38.3. The molecule has 0 bridgehead atoms. The van der Waals surface area contributed by atoms with Gasteiger partial charge in [0.15, 0.2) is 0 Å². The number of aromatic nitrogens is 2. The number of benzene rings is 1. The van der Waals surface area contributed by atoms with E-state index in [2.05, 4.69) is 0 Å². The quantitative estimate of drug-likeness (QED) is 0.852. The van der Waals surface area contributed by atoms with E-state index in [1.165, 1.54) is 30.3 Å². The van der Waals surface area contributed by atoms with Crippen molar-refractivity contribution in [3.8, 4) is 0 Å². The predicted molar refractivity (Wildman–Crippen MR) is 97.0 cm³/mol. The Kier molecular flexibility index (Phi) is 5.08. The molecule has 7 heteroatoms. The maximum Gasteiger partial charge on any atom is 0.331 e. The first-order valence-corrected chi connectivity index (χ1v) is 8.65. The molecular weight excluding hydrogens is 334 g/mol. The van der Waals surface area contributed by atoms with Crippen molar-refractivity contribution in [3.05, 3.63) is 68.0 Å². The number of carbonyl (C=O) groups is 1. The summed E-state index contributed by atoms with van der Waals surface area (Å²) < 4.78 is 2.21. The van der Waals surface area contributed by atoms with E-state index >= 15 is 0 Å². The lowest BCUT2D eigenvalue weighted by molar-refractivity contribution is 0.0775. The Labute approximate surface area is 151 Å². The molecule has 1 fully saturated rings. The molecule has 1 aliphatic rings. The minimum absolute atomic E-state index is 0.0290. The molecule has 0 spiro atoms. The first-order chi connectivity index (χ1) is 12.4. The van der Waals surface area contributed by atoms with Gasteiger partial charge in [0.2, 0.25) is 0 Å². The summed E-state index contributed by atoms with van der Waals surface area (Å²) in [7, 11) is 2.90. The van der Waals surface area contributed by atoms with Crippen LogP contribution in [0.25, 0.3) is 0 Å². The molecule has 0 unspecified atom stereocenters. The third-order valence-electron chi connectivity index (χ3n) is 5.05. The monoisotopic (exact) mass is 357 g/mol. The molecule has 1 aliphatic heterocycles. The third-order valence-corrected chi connectivity index (χ3v) is 5.05. The normalized spacial score (nSPS) is 16.9. The Bertz CT molecular complexity index is 927. The van der Waals surface area contributed by atoms with Crippen LogP contribution < -0.4 is 11.2 Å². The van der Waals surface area contributed by atoms with Gasteiger partial charge in [-0.3, -0.25) is 18.7 Å². The average molecular weight is 357 g/mol. The fraction of sp³-hybridized carbons (Fsp3) is 0.421. The second-order valence-electron chi connectivity index (χ2n) is 6.85. The second-order valence-corrected chi connectivity index (χ2v) is 6.85. The lowest BCUT2D eigenvalue weighted by Gasteiger charge is -2.18. The standard InChI is InChI=1S/C19H23N3O4/c1-20-16(10-17(24)21(2)19(20)26)18(25)22-8-7-15(11-22)9-13-3-5-14(12-23)6-4-13/h3-6,10,15,23H,7-9,11-12H2,1-2H3/t15-/m0/s1. The minimum atomic E-state index is -0.499. The Hall–Kier alpha value is -2.67. The molecule has 26 heavy (non-hydrogen) atoms. The number of aliphatic hydroxyl groups is 1. The lowest BCUT2D eigenvalue weighted by atomic mass is 9.98. The van der Waals surface area contributed by atoms with Crippen molar-refractivity contribution in [2.75, 3.05) is 13.1 Å². The van der Waals surface area contributed by atoms with E-state index < -0.39 is 11.2 Å². The van der Waals surface area contributed by atoms with Crippen molar-refractivity contribution in [1.82, 2.24) is 14.0 Å². The zero-order valence-electron chi connectivity index (χ0n) is 15.0. The number of aliphatic hydroxyl groups excluding tert-OH is 1. The largest absolute Gasteiger partial charge is 0.392 e. The molecule has 7 nitrogen and oxygen atoms in total. The maximum absolute atomic E-state index is 12.8. The highest BCUT2D eigenvalue weighted by atomic mass is 16.3. The SMILES string of the molecule is Cn1c(C(=O)N2CC[C@@H](Cc3ccc(CO)cc3)C2)cc(=O)n(C)c1=O. The van der Waals surface area contributed by atoms with Crippen molar-refractivity contribution in [2.24, 2.45) is 20.0 Å². The number of carbonyl (C=O) groups excluding carboxylic acids is 1. The van der Waals surface area contributed by atoms with Crippen LogP contribution in [0, 0.1) is 5.92 Å². The number of amides is 1. The summed E-state index contributed by atoms with van der Waals surface area (Å²) in [6.45, 7) is 1.24. The molecule has 138 valence electrons. The van der Waals surface area contributed by atoms with Crippen LogP contribution >= 0.6 is 0 Å². The van der Waals surface area contributed by atoms with Gasteiger partial charge in [-0.2, -0.15) is 0 Å². The van der Waals surface area contributed by atoms with Gasteiger partial charge in [-0.1, -0.05) is 24.3 Å². The van der Waals surface area contributed by atoms with E-state index in [9.17, 15) is 14.4 Å². The molecule has 2 aromatic rings. The van der Waals surface area contributed by atoms with Gasteiger partial charge in [0.1, 0.15) is 5.69 Å². The smallest absolute Gasteiger partial charge is 0.331 e. The molecule has 1 atom stereocenters. The van der Waals surface area contributed by atoms with Crippen LogP contribution in [0.2, 0.25) is 0 Å². The molecule has 2 heterocycles. The molecule has 0 radical (unpaired) electrons. The summed E-state index contributed by atoms with van der Waals surface area (Å²) in [6, 6.07) is 9.04. The molecule has 1 amide bonds. The summed E-state index contributed by atoms with van der Waals surface area (Å²) in [5.41, 5.74) is 1.20. The summed E-state index contributed by atoms with van der Waals surface area (Å²) in [6.07, 6.45) is 1.73. The molecular formula is C19H23N3O4. The second kappa shape index (κ2) is 7.29. The van der Waals surface area contributed by atoms with E-state index in [1.54, 1.807) is 4.90 Å². The number of hydrogen-bond donors (Lipinski definition) is 1. The highest BCUT2D eigenvalue weighted by molar-refractivity contribution is 5.92. The third kappa shape index (κ3) is 3.48. The number of hydrogen-bond acceptors (Lipinski definition) is 4. The van der Waals surface area contributed by atoms with Gasteiger partial charge in [0, 0.05) is 33.3 Å². The predicted octanol–water partition coefficient (Wildman–Crippen LogP) is 0.281. The van der Waals surface area contributed by atoms with Crippen molar-refractivity contribution in [1.29, 1.82) is 0 Å². The van der Waals surface area contributed by atoms with Crippen molar-refractivity contribution >= 4 is 5.91 Å². The number of nitrogens with zero attached hydrogens (tertiary/aromatic N) is 3. The first-order valence-electron chi connectivity index (χ1n) is 8.65. The highest BCUT2D eigenvalue weighted by Crippen LogP contribution is 2.22. The zero-order valence-corrected chi connectivity index (χ0v) is 15.0. The van der Waals surface area contributed by atoms with Crippen molar-refractivity contribution in [3.63, 3.8) is 0 Å². The Morgan fingerprint density at radius 2 is 1.77 bits per heavy atom. The molecule has 1 aromatic heterocycles. The first kappa shape index (κ1) is 18.1. The molecule has 1 N–H and O–H groups in total. The van der Waals surface area contributed by atoms with Crippen LogP contribution in [-0.2, 0) is 27.1 Å². The summed E-state index contributed by atoms with van der Waals surface area (Å²) in [5, 5.41) is 9.10. The van der Waals surface area contributed by atoms with Crippen LogP contribution in [0.3, 0.4) is 0 Å². The Morgan fingerprint density at radius 3 is 2.42 bits per heavy atom. The Morgan fingerprint density at radius 1 is 1.12 bits per heavy atom. The van der Waals surface area contributed by atoms with Gasteiger partial charge in [0.05, 0.1) is 6.61 Å². The zero-order chi connectivity index (χ0) is 18.8. The van der Waals surface area contributed by atoms with Crippen LogP contribution in [0.1, 0.15) is 28.0 Å². The summed E-state index contributed by atoms with van der Waals surface area (Å²) >= 11 is 0. The topological polar surface area (TPSA) is 84.5 Å². The van der Waals surface area contributed by atoms with E-state index in [4.69, 9.17) is 5.11 Å². The van der Waals surface area contributed by atoms with Gasteiger partial charge < -0.3 is 10.0 Å². The highest BCUT2D eigenvalue weighted by Gasteiger charge is 2.28. The fourth-order valence-corrected chi connectivity index (χ4v) is 3.40. The molecule has 3 rings (SSSR count). The van der Waals surface area contributed by atoms with Crippen LogP contribution in [0.15, 0.2) is 39.9 Å². The van der Waals surface area contributed by atoms with Gasteiger partial charge in [-0.15, -0.1) is 0 Å². The molecule has 1 aromatic carbocycles. The van der Waals surface area contributed by atoms with Gasteiger partial charge in [-0.05, 0) is 29.9 Å². The summed E-state index contributed by atoms with van der Waals surface area (Å²) in [5.74, 6) is 0.0583. The molecule has 0 saturated carbocycles. The van der Waals surface area contributed by atoms with Crippen LogP contribution in [0.4, 0.5) is 0 Å². The van der Waals surface area contributed by atoms with Gasteiger partial charge in [0.25, 0.3) is 11.5 Å². The van der Waals surface area contributed by atoms with Crippen molar-refractivity contribution in [2.45, 2.75) is 19.4 Å². The van der Waals surface area contributed by atoms with E-state index in [-0.39, 0.29) is 18.2 Å². The van der Waals surface area contributed by atoms with Crippen LogP contribution in [-0.4, -0.2) is 38.1 Å². The van der Waals surface area contributed by atoms with E-state index in [0.717, 1.165) is 23.0 Å². The van der Waals surface area contributed by atoms with E-state index in [0.29, 0.717) is 19.0 Å².